The van der Waals surface area contributed by atoms with Crippen molar-refractivity contribution in [2.45, 2.75) is 0 Å². The number of amides is 1. The highest BCUT2D eigenvalue weighted by Crippen LogP contribution is 1.97. The molecule has 92 valence electrons. The van der Waals surface area contributed by atoms with Crippen molar-refractivity contribution in [2.24, 2.45) is 0 Å². The number of hydrogen-bond donors (Lipinski definition) is 2. The van der Waals surface area contributed by atoms with Gasteiger partial charge in [-0.15, -0.1) is 0 Å². The number of carbonyl (C=O) groups is 2. The number of ether oxygens (including phenoxy) is 1. The quantitative estimate of drug-likeness (QED) is 0.543. The molecule has 0 fully saturated rings. The van der Waals surface area contributed by atoms with Gasteiger partial charge in [0.1, 0.15) is 12.3 Å². The van der Waals surface area contributed by atoms with E-state index in [0.717, 1.165) is 6.07 Å². The first-order valence-corrected chi connectivity index (χ1v) is 4.80. The summed E-state index contributed by atoms with van der Waals surface area (Å²) in [5.74, 6) is -2.36. The molecule has 0 atom stereocenters. The molecular weight excluding hydrogens is 231 g/mol. The lowest BCUT2D eigenvalue weighted by molar-refractivity contribution is -0.142. The van der Waals surface area contributed by atoms with Crippen LogP contribution in [0.1, 0.15) is 10.5 Å². The zero-order valence-corrected chi connectivity index (χ0v) is 8.85. The van der Waals surface area contributed by atoms with E-state index < -0.39 is 24.4 Å². The van der Waals surface area contributed by atoms with Crippen LogP contribution >= 0.6 is 0 Å². The summed E-state index contributed by atoms with van der Waals surface area (Å²) in [6.07, 6.45) is 0. The highest BCUT2D eigenvalue weighted by Gasteiger charge is 2.07. The number of rotatable bonds is 6. The lowest BCUT2D eigenvalue weighted by atomic mass is 10.3. The molecule has 1 amide bonds. The number of nitrogens with one attached hydrogen (secondary N) is 1. The Hall–Kier alpha value is -2.02. The van der Waals surface area contributed by atoms with Gasteiger partial charge in [0.25, 0.3) is 5.91 Å². The SMILES string of the molecule is O=C(O)COCCNC(=O)c1cccc(F)n1. The predicted molar refractivity (Wildman–Crippen MR) is 55.0 cm³/mol. The second-order valence-corrected chi connectivity index (χ2v) is 3.05. The molecule has 1 rings (SSSR count). The minimum atomic E-state index is -1.08. The van der Waals surface area contributed by atoms with E-state index in [0.29, 0.717) is 0 Å². The normalized spacial score (nSPS) is 9.94. The first-order chi connectivity index (χ1) is 8.09. The molecule has 2 N–H and O–H groups in total. The molecule has 0 aliphatic carbocycles. The lowest BCUT2D eigenvalue weighted by Gasteiger charge is -2.04. The highest BCUT2D eigenvalue weighted by atomic mass is 19.1. The van der Waals surface area contributed by atoms with Gasteiger partial charge >= 0.3 is 5.97 Å². The van der Waals surface area contributed by atoms with Crippen molar-refractivity contribution in [2.75, 3.05) is 19.8 Å². The van der Waals surface area contributed by atoms with Crippen LogP contribution in [0.4, 0.5) is 4.39 Å². The highest BCUT2D eigenvalue weighted by molar-refractivity contribution is 5.92. The number of aromatic nitrogens is 1. The second kappa shape index (κ2) is 6.54. The molecule has 7 heteroatoms. The van der Waals surface area contributed by atoms with Crippen LogP contribution in [0.2, 0.25) is 0 Å². The number of hydrogen-bond acceptors (Lipinski definition) is 4. The molecule has 0 bridgehead atoms. The molecule has 0 aromatic carbocycles. The van der Waals surface area contributed by atoms with Gasteiger partial charge in [0.2, 0.25) is 5.95 Å². The Morgan fingerprint density at radius 1 is 1.47 bits per heavy atom. The van der Waals surface area contributed by atoms with E-state index in [9.17, 15) is 14.0 Å². The largest absolute Gasteiger partial charge is 0.480 e. The monoisotopic (exact) mass is 242 g/mol. The topological polar surface area (TPSA) is 88.5 Å². The van der Waals surface area contributed by atoms with Gasteiger partial charge in [-0.05, 0) is 12.1 Å². The Kier molecular flexibility index (Phi) is 5.02. The van der Waals surface area contributed by atoms with Crippen LogP contribution in [0.15, 0.2) is 18.2 Å². The van der Waals surface area contributed by atoms with Crippen LogP contribution in [-0.4, -0.2) is 41.7 Å². The third-order valence-corrected chi connectivity index (χ3v) is 1.71. The number of nitrogens with zero attached hydrogens (tertiary/aromatic N) is 1. The summed E-state index contributed by atoms with van der Waals surface area (Å²) < 4.78 is 17.4. The standard InChI is InChI=1S/C10H11FN2O4/c11-8-3-1-2-7(13-8)10(16)12-4-5-17-6-9(14)15/h1-3H,4-6H2,(H,12,16)(H,14,15). The average Bonchev–Trinajstić information content (AvgIpc) is 2.28. The zero-order chi connectivity index (χ0) is 12.7. The Morgan fingerprint density at radius 3 is 2.88 bits per heavy atom. The number of halogens is 1. The molecule has 0 unspecified atom stereocenters. The minimum absolute atomic E-state index is 0.0387. The molecule has 1 aromatic heterocycles. The van der Waals surface area contributed by atoms with Gasteiger partial charge in [-0.1, -0.05) is 6.07 Å². The van der Waals surface area contributed by atoms with Crippen molar-refractivity contribution in [3.63, 3.8) is 0 Å². The minimum Gasteiger partial charge on any atom is -0.480 e. The molecule has 0 saturated heterocycles. The fourth-order valence-electron chi connectivity index (χ4n) is 1.02. The molecule has 17 heavy (non-hydrogen) atoms. The molecule has 1 aromatic rings. The Balaban J connectivity index is 2.28. The van der Waals surface area contributed by atoms with Gasteiger partial charge in [0.15, 0.2) is 0 Å². The van der Waals surface area contributed by atoms with Crippen LogP contribution in [0.3, 0.4) is 0 Å². The van der Waals surface area contributed by atoms with Gasteiger partial charge in [-0.2, -0.15) is 4.39 Å². The van der Waals surface area contributed by atoms with Crippen molar-refractivity contribution in [1.82, 2.24) is 10.3 Å². The molecule has 0 spiro atoms. The van der Waals surface area contributed by atoms with Crippen molar-refractivity contribution in [3.8, 4) is 0 Å². The Bertz CT molecular complexity index is 411. The summed E-state index contributed by atoms with van der Waals surface area (Å²) in [5, 5.41) is 10.7. The van der Waals surface area contributed by atoms with Gasteiger partial charge < -0.3 is 15.2 Å². The smallest absolute Gasteiger partial charge is 0.329 e. The van der Waals surface area contributed by atoms with Gasteiger partial charge in [-0.3, -0.25) is 4.79 Å². The van der Waals surface area contributed by atoms with Crippen LogP contribution in [-0.2, 0) is 9.53 Å². The molecule has 6 nitrogen and oxygen atoms in total. The van der Waals surface area contributed by atoms with E-state index in [1.54, 1.807) is 0 Å². The number of carboxylic acid groups (broad SMARTS) is 1. The maximum Gasteiger partial charge on any atom is 0.329 e. The summed E-state index contributed by atoms with van der Waals surface area (Å²) >= 11 is 0. The molecule has 0 aliphatic heterocycles. The van der Waals surface area contributed by atoms with Gasteiger partial charge in [-0.25, -0.2) is 9.78 Å². The molecule has 0 aliphatic rings. The first kappa shape index (κ1) is 13.0. The van der Waals surface area contributed by atoms with E-state index in [2.05, 4.69) is 10.3 Å². The van der Waals surface area contributed by atoms with Crippen molar-refractivity contribution < 1.29 is 23.8 Å². The fourth-order valence-corrected chi connectivity index (χ4v) is 1.02. The average molecular weight is 242 g/mol. The first-order valence-electron chi connectivity index (χ1n) is 4.80. The van der Waals surface area contributed by atoms with E-state index >= 15 is 0 Å². The molecule has 0 radical (unpaired) electrons. The number of pyridine rings is 1. The number of carbonyl (C=O) groups excluding carboxylic acids is 1. The van der Waals surface area contributed by atoms with Crippen LogP contribution in [0.25, 0.3) is 0 Å². The second-order valence-electron chi connectivity index (χ2n) is 3.05. The third kappa shape index (κ3) is 5.03. The predicted octanol–water partition coefficient (Wildman–Crippen LogP) is 0.0517. The van der Waals surface area contributed by atoms with E-state index in [1.807, 2.05) is 0 Å². The van der Waals surface area contributed by atoms with Crippen LogP contribution < -0.4 is 5.32 Å². The number of aliphatic carboxylic acids is 1. The zero-order valence-electron chi connectivity index (χ0n) is 8.85. The number of carboxylic acids is 1. The summed E-state index contributed by atoms with van der Waals surface area (Å²) in [6.45, 7) is -0.230. The fraction of sp³-hybridized carbons (Fsp3) is 0.300. The van der Waals surface area contributed by atoms with E-state index in [4.69, 9.17) is 9.84 Å². The van der Waals surface area contributed by atoms with E-state index in [-0.39, 0.29) is 18.8 Å². The molecular formula is C10H11FN2O4. The summed E-state index contributed by atoms with van der Waals surface area (Å²) in [6, 6.07) is 3.88. The van der Waals surface area contributed by atoms with Crippen LogP contribution in [0, 0.1) is 5.95 Å². The van der Waals surface area contributed by atoms with Crippen molar-refractivity contribution >= 4 is 11.9 Å². The molecule has 0 saturated carbocycles. The summed E-state index contributed by atoms with van der Waals surface area (Å²) in [5.41, 5.74) is -0.0387. The molecule has 1 heterocycles. The van der Waals surface area contributed by atoms with Crippen molar-refractivity contribution in [3.05, 3.63) is 29.8 Å². The maximum absolute atomic E-state index is 12.7. The van der Waals surface area contributed by atoms with Gasteiger partial charge in [0.05, 0.1) is 6.61 Å². The van der Waals surface area contributed by atoms with Crippen LogP contribution in [0.5, 0.6) is 0 Å². The maximum atomic E-state index is 12.7. The van der Waals surface area contributed by atoms with E-state index in [1.165, 1.54) is 12.1 Å². The third-order valence-electron chi connectivity index (χ3n) is 1.71. The van der Waals surface area contributed by atoms with Gasteiger partial charge in [0, 0.05) is 6.54 Å². The Morgan fingerprint density at radius 2 is 2.24 bits per heavy atom. The van der Waals surface area contributed by atoms with Crippen molar-refractivity contribution in [1.29, 1.82) is 0 Å². The summed E-state index contributed by atoms with van der Waals surface area (Å²) in [7, 11) is 0. The lowest BCUT2D eigenvalue weighted by Crippen LogP contribution is -2.28. The summed E-state index contributed by atoms with van der Waals surface area (Å²) in [4.78, 5) is 24.9. The Labute approximate surface area is 96.4 Å².